The maximum Gasteiger partial charge on any atom is 0.264 e. The maximum absolute atomic E-state index is 12.7. The third-order valence-electron chi connectivity index (χ3n) is 3.20. The van der Waals surface area contributed by atoms with Gasteiger partial charge in [0.15, 0.2) is 0 Å². The van der Waals surface area contributed by atoms with Gasteiger partial charge in [-0.1, -0.05) is 6.07 Å². The van der Waals surface area contributed by atoms with Crippen molar-refractivity contribution in [1.82, 2.24) is 0 Å². The second-order valence-electron chi connectivity index (χ2n) is 5.00. The summed E-state index contributed by atoms with van der Waals surface area (Å²) in [5, 5.41) is 0. The molecule has 0 saturated heterocycles. The summed E-state index contributed by atoms with van der Waals surface area (Å²) in [6.45, 7) is 3.88. The molecule has 2 aromatic rings. The van der Waals surface area contributed by atoms with Crippen LogP contribution in [-0.2, 0) is 10.0 Å². The molecule has 0 fully saturated rings. The van der Waals surface area contributed by atoms with Crippen molar-refractivity contribution >= 4 is 37.3 Å². The molecule has 0 atom stereocenters. The molecular formula is C15H17BrN2O2S. The van der Waals surface area contributed by atoms with E-state index in [1.54, 1.807) is 13.1 Å². The molecule has 0 saturated carbocycles. The van der Waals surface area contributed by atoms with Gasteiger partial charge in [0.05, 0.1) is 10.6 Å². The number of nitrogens with two attached hydrogens (primary N) is 1. The third kappa shape index (κ3) is 3.22. The molecule has 0 unspecified atom stereocenters. The number of nitrogens with zero attached hydrogens (tertiary/aromatic N) is 1. The van der Waals surface area contributed by atoms with Gasteiger partial charge in [0.1, 0.15) is 0 Å². The highest BCUT2D eigenvalue weighted by Crippen LogP contribution is 2.28. The molecule has 0 bridgehead atoms. The van der Waals surface area contributed by atoms with Gasteiger partial charge in [0.25, 0.3) is 10.0 Å². The molecule has 0 radical (unpaired) electrons. The van der Waals surface area contributed by atoms with Crippen molar-refractivity contribution in [3.8, 4) is 0 Å². The molecule has 0 aliphatic carbocycles. The zero-order chi connectivity index (χ0) is 15.8. The van der Waals surface area contributed by atoms with Crippen molar-refractivity contribution in [3.63, 3.8) is 0 Å². The standard InChI is InChI=1S/C15H17BrN2O2S/c1-10-6-11(2)8-12(7-10)18(3)21(19,20)13-4-5-15(17)14(16)9-13/h4-9H,17H2,1-3H3. The first-order valence-corrected chi connectivity index (χ1v) is 8.57. The summed E-state index contributed by atoms with van der Waals surface area (Å²) < 4.78 is 27.2. The summed E-state index contributed by atoms with van der Waals surface area (Å²) in [7, 11) is -2.07. The molecule has 2 rings (SSSR count). The van der Waals surface area contributed by atoms with Crippen LogP contribution >= 0.6 is 15.9 Å². The van der Waals surface area contributed by atoms with Crippen molar-refractivity contribution in [2.45, 2.75) is 18.7 Å². The highest BCUT2D eigenvalue weighted by Gasteiger charge is 2.22. The van der Waals surface area contributed by atoms with Crippen LogP contribution in [0.3, 0.4) is 0 Å². The maximum atomic E-state index is 12.7. The van der Waals surface area contributed by atoms with E-state index in [-0.39, 0.29) is 4.90 Å². The SMILES string of the molecule is Cc1cc(C)cc(N(C)S(=O)(=O)c2ccc(N)c(Br)c2)c1. The van der Waals surface area contributed by atoms with E-state index in [4.69, 9.17) is 5.73 Å². The topological polar surface area (TPSA) is 63.4 Å². The number of benzene rings is 2. The zero-order valence-corrected chi connectivity index (χ0v) is 14.5. The summed E-state index contributed by atoms with van der Waals surface area (Å²) in [5.41, 5.74) is 8.88. The van der Waals surface area contributed by atoms with Crippen molar-refractivity contribution in [2.75, 3.05) is 17.1 Å². The van der Waals surface area contributed by atoms with Gasteiger partial charge in [0, 0.05) is 17.2 Å². The van der Waals surface area contributed by atoms with E-state index in [2.05, 4.69) is 15.9 Å². The number of aryl methyl sites for hydroxylation is 2. The molecule has 0 aromatic heterocycles. The quantitative estimate of drug-likeness (QED) is 0.843. The van der Waals surface area contributed by atoms with Crippen molar-refractivity contribution in [1.29, 1.82) is 0 Å². The summed E-state index contributed by atoms with van der Waals surface area (Å²) in [6, 6.07) is 10.3. The van der Waals surface area contributed by atoms with Gasteiger partial charge in [-0.2, -0.15) is 0 Å². The number of hydrogen-bond acceptors (Lipinski definition) is 3. The number of sulfonamides is 1. The predicted molar refractivity (Wildman–Crippen MR) is 90.1 cm³/mol. The van der Waals surface area contributed by atoms with Crippen molar-refractivity contribution in [2.24, 2.45) is 0 Å². The number of anilines is 2. The molecule has 0 heterocycles. The van der Waals surface area contributed by atoms with E-state index in [0.717, 1.165) is 11.1 Å². The second-order valence-corrected chi connectivity index (χ2v) is 7.83. The van der Waals surface area contributed by atoms with E-state index in [1.165, 1.54) is 16.4 Å². The Balaban J connectivity index is 2.49. The molecule has 0 spiro atoms. The summed E-state index contributed by atoms with van der Waals surface area (Å²) in [6.07, 6.45) is 0. The van der Waals surface area contributed by atoms with Crippen LogP contribution in [0, 0.1) is 13.8 Å². The molecule has 2 N–H and O–H groups in total. The van der Waals surface area contributed by atoms with Gasteiger partial charge >= 0.3 is 0 Å². The van der Waals surface area contributed by atoms with E-state index in [1.807, 2.05) is 32.0 Å². The Kier molecular flexibility index (Phi) is 4.30. The lowest BCUT2D eigenvalue weighted by Gasteiger charge is -2.21. The number of hydrogen-bond donors (Lipinski definition) is 1. The summed E-state index contributed by atoms with van der Waals surface area (Å²) in [5.74, 6) is 0. The normalized spacial score (nSPS) is 11.4. The number of nitrogen functional groups attached to an aromatic ring is 1. The first-order chi connectivity index (χ1) is 9.71. The van der Waals surface area contributed by atoms with Crippen LogP contribution in [0.2, 0.25) is 0 Å². The van der Waals surface area contributed by atoms with Gasteiger partial charge in [-0.05, 0) is 71.2 Å². The summed E-state index contributed by atoms with van der Waals surface area (Å²) >= 11 is 3.26. The number of halogens is 1. The molecule has 0 amide bonds. The van der Waals surface area contributed by atoms with Crippen LogP contribution in [0.4, 0.5) is 11.4 Å². The Hall–Kier alpha value is -1.53. The van der Waals surface area contributed by atoms with Gasteiger partial charge < -0.3 is 5.73 Å². The molecule has 21 heavy (non-hydrogen) atoms. The minimum atomic E-state index is -3.62. The summed E-state index contributed by atoms with van der Waals surface area (Å²) in [4.78, 5) is 0.199. The zero-order valence-electron chi connectivity index (χ0n) is 12.1. The molecule has 2 aromatic carbocycles. The number of rotatable bonds is 3. The smallest absolute Gasteiger partial charge is 0.264 e. The van der Waals surface area contributed by atoms with Gasteiger partial charge in [-0.15, -0.1) is 0 Å². The Bertz CT molecular complexity index is 768. The molecular weight excluding hydrogens is 352 g/mol. The predicted octanol–water partition coefficient (Wildman–Crippen LogP) is 3.47. The average Bonchev–Trinajstić information content (AvgIpc) is 2.39. The molecule has 6 heteroatoms. The lowest BCUT2D eigenvalue weighted by atomic mass is 10.1. The minimum Gasteiger partial charge on any atom is -0.398 e. The van der Waals surface area contributed by atoms with Gasteiger partial charge in [-0.3, -0.25) is 4.31 Å². The average molecular weight is 369 g/mol. The lowest BCUT2D eigenvalue weighted by Crippen LogP contribution is -2.26. The fourth-order valence-corrected chi connectivity index (χ4v) is 3.83. The Morgan fingerprint density at radius 1 is 1.05 bits per heavy atom. The van der Waals surface area contributed by atoms with Crippen LogP contribution in [0.5, 0.6) is 0 Å². The Morgan fingerprint density at radius 2 is 1.62 bits per heavy atom. The molecule has 0 aliphatic heterocycles. The van der Waals surface area contributed by atoms with Gasteiger partial charge in [-0.25, -0.2) is 8.42 Å². The van der Waals surface area contributed by atoms with E-state index >= 15 is 0 Å². The van der Waals surface area contributed by atoms with Crippen LogP contribution in [0.25, 0.3) is 0 Å². The van der Waals surface area contributed by atoms with Crippen molar-refractivity contribution < 1.29 is 8.42 Å². The van der Waals surface area contributed by atoms with Crippen LogP contribution < -0.4 is 10.0 Å². The Morgan fingerprint density at radius 3 is 2.14 bits per heavy atom. The first kappa shape index (κ1) is 15.9. The van der Waals surface area contributed by atoms with Crippen molar-refractivity contribution in [3.05, 3.63) is 52.0 Å². The van der Waals surface area contributed by atoms with Crippen LogP contribution in [0.15, 0.2) is 45.8 Å². The third-order valence-corrected chi connectivity index (χ3v) is 5.67. The van der Waals surface area contributed by atoms with E-state index < -0.39 is 10.0 Å². The van der Waals surface area contributed by atoms with E-state index in [9.17, 15) is 8.42 Å². The van der Waals surface area contributed by atoms with Gasteiger partial charge in [0.2, 0.25) is 0 Å². The second kappa shape index (κ2) is 5.69. The highest BCUT2D eigenvalue weighted by molar-refractivity contribution is 9.10. The van der Waals surface area contributed by atoms with E-state index in [0.29, 0.717) is 15.8 Å². The minimum absolute atomic E-state index is 0.199. The monoisotopic (exact) mass is 368 g/mol. The fourth-order valence-electron chi connectivity index (χ4n) is 2.10. The van der Waals surface area contributed by atoms with Crippen LogP contribution in [0.1, 0.15) is 11.1 Å². The highest BCUT2D eigenvalue weighted by atomic mass is 79.9. The first-order valence-electron chi connectivity index (χ1n) is 6.34. The molecule has 112 valence electrons. The fraction of sp³-hybridized carbons (Fsp3) is 0.200. The van der Waals surface area contributed by atoms with Crippen LogP contribution in [-0.4, -0.2) is 15.5 Å². The lowest BCUT2D eigenvalue weighted by molar-refractivity contribution is 0.594. The molecule has 4 nitrogen and oxygen atoms in total. The Labute approximate surface area is 133 Å². The molecule has 0 aliphatic rings. The largest absolute Gasteiger partial charge is 0.398 e.